The Bertz CT molecular complexity index is 488. The third kappa shape index (κ3) is 2.30. The van der Waals surface area contributed by atoms with Gasteiger partial charge in [0.1, 0.15) is 0 Å². The Morgan fingerprint density at radius 2 is 2.50 bits per heavy atom. The number of nitrogens with zero attached hydrogens (tertiary/aromatic N) is 3. The standard InChI is InChI=1S/C12H16N4O2/c1-16(9-4-5-13-7-9)8-11-14-12(18-15-11)10-3-2-6-17-10/h2-3,6,9,13H,4-5,7-8H2,1H3. The summed E-state index contributed by atoms with van der Waals surface area (Å²) in [6.07, 6.45) is 2.76. The molecular formula is C12H16N4O2. The van der Waals surface area contributed by atoms with E-state index in [-0.39, 0.29) is 0 Å². The smallest absolute Gasteiger partial charge is 0.293 e. The van der Waals surface area contributed by atoms with E-state index in [1.54, 1.807) is 12.3 Å². The maximum atomic E-state index is 5.22. The Morgan fingerprint density at radius 1 is 1.56 bits per heavy atom. The first kappa shape index (κ1) is 11.4. The largest absolute Gasteiger partial charge is 0.459 e. The van der Waals surface area contributed by atoms with Crippen molar-refractivity contribution in [2.75, 3.05) is 20.1 Å². The van der Waals surface area contributed by atoms with Crippen LogP contribution >= 0.6 is 0 Å². The lowest BCUT2D eigenvalue weighted by atomic mass is 10.2. The quantitative estimate of drug-likeness (QED) is 0.874. The monoisotopic (exact) mass is 248 g/mol. The first-order valence-electron chi connectivity index (χ1n) is 6.10. The predicted octanol–water partition coefficient (Wildman–Crippen LogP) is 1.12. The van der Waals surface area contributed by atoms with Crippen LogP contribution in [0.15, 0.2) is 27.3 Å². The molecule has 0 radical (unpaired) electrons. The second-order valence-corrected chi connectivity index (χ2v) is 4.55. The minimum atomic E-state index is 0.438. The van der Waals surface area contributed by atoms with Crippen LogP contribution in [0.5, 0.6) is 0 Å². The average Bonchev–Trinajstić information content (AvgIpc) is 3.12. The first-order valence-corrected chi connectivity index (χ1v) is 6.10. The molecule has 0 bridgehead atoms. The maximum absolute atomic E-state index is 5.22. The fourth-order valence-corrected chi connectivity index (χ4v) is 2.19. The molecule has 0 aromatic carbocycles. The van der Waals surface area contributed by atoms with Crippen molar-refractivity contribution in [2.24, 2.45) is 0 Å². The minimum absolute atomic E-state index is 0.438. The highest BCUT2D eigenvalue weighted by atomic mass is 16.5. The number of likely N-dealkylation sites (N-methyl/N-ethyl adjacent to an activating group) is 1. The molecule has 1 aliphatic heterocycles. The molecule has 1 N–H and O–H groups in total. The molecule has 0 aliphatic carbocycles. The number of rotatable bonds is 4. The summed E-state index contributed by atoms with van der Waals surface area (Å²) < 4.78 is 10.4. The van der Waals surface area contributed by atoms with Crippen molar-refractivity contribution in [2.45, 2.75) is 19.0 Å². The Balaban J connectivity index is 1.66. The SMILES string of the molecule is CN(Cc1noc(-c2ccco2)n1)C1CCNC1. The van der Waals surface area contributed by atoms with Crippen LogP contribution in [0.4, 0.5) is 0 Å². The molecule has 0 saturated carbocycles. The second kappa shape index (κ2) is 4.91. The second-order valence-electron chi connectivity index (χ2n) is 4.55. The lowest BCUT2D eigenvalue weighted by molar-refractivity contribution is 0.239. The van der Waals surface area contributed by atoms with E-state index in [2.05, 4.69) is 27.4 Å². The van der Waals surface area contributed by atoms with Gasteiger partial charge in [0.2, 0.25) is 0 Å². The zero-order valence-electron chi connectivity index (χ0n) is 10.3. The number of nitrogens with one attached hydrogen (secondary N) is 1. The third-order valence-corrected chi connectivity index (χ3v) is 3.25. The van der Waals surface area contributed by atoms with Crippen LogP contribution in [0.2, 0.25) is 0 Å². The van der Waals surface area contributed by atoms with Gasteiger partial charge < -0.3 is 14.3 Å². The van der Waals surface area contributed by atoms with Gasteiger partial charge in [0.05, 0.1) is 12.8 Å². The van der Waals surface area contributed by atoms with E-state index in [1.807, 2.05) is 6.07 Å². The van der Waals surface area contributed by atoms with Gasteiger partial charge in [0, 0.05) is 12.6 Å². The molecule has 1 saturated heterocycles. The highest BCUT2D eigenvalue weighted by Crippen LogP contribution is 2.18. The predicted molar refractivity (Wildman–Crippen MR) is 64.7 cm³/mol. The molecule has 3 heterocycles. The van der Waals surface area contributed by atoms with Crippen molar-refractivity contribution in [1.29, 1.82) is 0 Å². The van der Waals surface area contributed by atoms with Gasteiger partial charge in [-0.15, -0.1) is 0 Å². The van der Waals surface area contributed by atoms with Gasteiger partial charge in [-0.25, -0.2) is 0 Å². The molecule has 96 valence electrons. The van der Waals surface area contributed by atoms with E-state index in [4.69, 9.17) is 8.94 Å². The van der Waals surface area contributed by atoms with Crippen molar-refractivity contribution >= 4 is 0 Å². The van der Waals surface area contributed by atoms with Gasteiger partial charge in [-0.1, -0.05) is 5.16 Å². The lowest BCUT2D eigenvalue weighted by Crippen LogP contribution is -2.33. The fourth-order valence-electron chi connectivity index (χ4n) is 2.19. The van der Waals surface area contributed by atoms with Crippen LogP contribution in [0.25, 0.3) is 11.7 Å². The summed E-state index contributed by atoms with van der Waals surface area (Å²) >= 11 is 0. The molecule has 1 aliphatic rings. The Hall–Kier alpha value is -1.66. The normalized spacial score (nSPS) is 19.8. The van der Waals surface area contributed by atoms with Gasteiger partial charge >= 0.3 is 0 Å². The highest BCUT2D eigenvalue weighted by molar-refractivity contribution is 5.42. The van der Waals surface area contributed by atoms with Gasteiger partial charge in [-0.3, -0.25) is 4.90 Å². The molecule has 1 atom stereocenters. The van der Waals surface area contributed by atoms with Crippen molar-refractivity contribution in [3.63, 3.8) is 0 Å². The van der Waals surface area contributed by atoms with Crippen molar-refractivity contribution in [1.82, 2.24) is 20.4 Å². The summed E-state index contributed by atoms with van der Waals surface area (Å²) in [4.78, 5) is 6.58. The number of hydrogen-bond donors (Lipinski definition) is 1. The van der Waals surface area contributed by atoms with E-state index in [1.165, 1.54) is 6.42 Å². The molecule has 2 aromatic heterocycles. The summed E-state index contributed by atoms with van der Waals surface area (Å²) in [7, 11) is 2.08. The summed E-state index contributed by atoms with van der Waals surface area (Å²) in [6, 6.07) is 4.16. The van der Waals surface area contributed by atoms with E-state index in [0.717, 1.165) is 13.1 Å². The zero-order valence-corrected chi connectivity index (χ0v) is 10.3. The molecule has 0 amide bonds. The van der Waals surface area contributed by atoms with E-state index < -0.39 is 0 Å². The Morgan fingerprint density at radius 3 is 3.22 bits per heavy atom. The van der Waals surface area contributed by atoms with Gasteiger partial charge in [-0.2, -0.15) is 4.98 Å². The molecule has 18 heavy (non-hydrogen) atoms. The van der Waals surface area contributed by atoms with Crippen LogP contribution in [0.1, 0.15) is 12.2 Å². The molecule has 3 rings (SSSR count). The molecule has 1 unspecified atom stereocenters. The number of hydrogen-bond acceptors (Lipinski definition) is 6. The molecule has 6 nitrogen and oxygen atoms in total. The minimum Gasteiger partial charge on any atom is -0.459 e. The number of furan rings is 1. The molecule has 1 fully saturated rings. The van der Waals surface area contributed by atoms with Crippen LogP contribution in [-0.4, -0.2) is 41.2 Å². The summed E-state index contributed by atoms with van der Waals surface area (Å²) in [6.45, 7) is 2.80. The van der Waals surface area contributed by atoms with Crippen molar-refractivity contribution < 1.29 is 8.94 Å². The van der Waals surface area contributed by atoms with E-state index in [9.17, 15) is 0 Å². The average molecular weight is 248 g/mol. The van der Waals surface area contributed by atoms with Gasteiger partial charge in [-0.05, 0) is 32.1 Å². The fraction of sp³-hybridized carbons (Fsp3) is 0.500. The van der Waals surface area contributed by atoms with Crippen LogP contribution in [-0.2, 0) is 6.54 Å². The van der Waals surface area contributed by atoms with Gasteiger partial charge in [0.25, 0.3) is 5.89 Å². The highest BCUT2D eigenvalue weighted by Gasteiger charge is 2.21. The first-order chi connectivity index (χ1) is 8.83. The molecular weight excluding hydrogens is 232 g/mol. The van der Waals surface area contributed by atoms with Crippen LogP contribution < -0.4 is 5.32 Å². The Kier molecular flexibility index (Phi) is 3.12. The summed E-state index contributed by atoms with van der Waals surface area (Å²) in [5, 5.41) is 7.32. The molecule has 0 spiro atoms. The third-order valence-electron chi connectivity index (χ3n) is 3.25. The Labute approximate surface area is 105 Å². The molecule has 2 aromatic rings. The van der Waals surface area contributed by atoms with Crippen LogP contribution in [0.3, 0.4) is 0 Å². The molecule has 6 heteroatoms. The maximum Gasteiger partial charge on any atom is 0.293 e. The topological polar surface area (TPSA) is 67.3 Å². The van der Waals surface area contributed by atoms with Crippen molar-refractivity contribution in [3.05, 3.63) is 24.2 Å². The van der Waals surface area contributed by atoms with Gasteiger partial charge in [0.15, 0.2) is 11.6 Å². The van der Waals surface area contributed by atoms with E-state index in [0.29, 0.717) is 30.1 Å². The van der Waals surface area contributed by atoms with Crippen LogP contribution in [0, 0.1) is 0 Å². The summed E-state index contributed by atoms with van der Waals surface area (Å²) in [5.41, 5.74) is 0. The van der Waals surface area contributed by atoms with Crippen molar-refractivity contribution in [3.8, 4) is 11.7 Å². The summed E-state index contributed by atoms with van der Waals surface area (Å²) in [5.74, 6) is 1.74. The lowest BCUT2D eigenvalue weighted by Gasteiger charge is -2.21. The van der Waals surface area contributed by atoms with E-state index >= 15 is 0 Å². The zero-order chi connectivity index (χ0) is 12.4. The number of aromatic nitrogens is 2.